The number of hydrogen-bond donors (Lipinski definition) is 2. The molecule has 0 aromatic heterocycles. The van der Waals surface area contributed by atoms with E-state index in [9.17, 15) is 0 Å². The number of nitrogens with one attached hydrogen (secondary N) is 1. The predicted octanol–water partition coefficient (Wildman–Crippen LogP) is 1.09. The van der Waals surface area contributed by atoms with Gasteiger partial charge in [-0.15, -0.1) is 0 Å². The lowest BCUT2D eigenvalue weighted by atomic mass is 10.0. The van der Waals surface area contributed by atoms with Crippen molar-refractivity contribution in [3.05, 3.63) is 0 Å². The molecule has 0 aromatic rings. The van der Waals surface area contributed by atoms with Gasteiger partial charge >= 0.3 is 0 Å². The summed E-state index contributed by atoms with van der Waals surface area (Å²) in [6, 6.07) is 0.275. The number of nitrogens with two attached hydrogens (primary N) is 1. The van der Waals surface area contributed by atoms with Crippen LogP contribution >= 0.6 is 0 Å². The van der Waals surface area contributed by atoms with Crippen LogP contribution in [-0.4, -0.2) is 29.0 Å². The van der Waals surface area contributed by atoms with Gasteiger partial charge in [0.25, 0.3) is 0 Å². The molecular formula is C10H22N4. The topological polar surface area (TPSA) is 53.6 Å². The maximum atomic E-state index is 5.50. The lowest BCUT2D eigenvalue weighted by Crippen LogP contribution is -2.51. The van der Waals surface area contributed by atoms with Gasteiger partial charge in [-0.1, -0.05) is 0 Å². The maximum Gasteiger partial charge on any atom is 0.209 e. The minimum Gasteiger partial charge on any atom is -0.337 e. The maximum absolute atomic E-state index is 5.50. The Balaban J connectivity index is 2.79. The Morgan fingerprint density at radius 3 is 2.50 bits per heavy atom. The molecular weight excluding hydrogens is 176 g/mol. The smallest absolute Gasteiger partial charge is 0.209 e. The SMILES string of the molecule is CC(C)N=C(NN)N1CCCC1(C)C. The molecule has 1 rings (SSSR count). The van der Waals surface area contributed by atoms with Crippen LogP contribution in [0.25, 0.3) is 0 Å². The van der Waals surface area contributed by atoms with Gasteiger partial charge in [0.15, 0.2) is 0 Å². The van der Waals surface area contributed by atoms with Crippen molar-refractivity contribution >= 4 is 5.96 Å². The van der Waals surface area contributed by atoms with Crippen LogP contribution in [0.5, 0.6) is 0 Å². The van der Waals surface area contributed by atoms with Gasteiger partial charge in [-0.2, -0.15) is 0 Å². The van der Waals surface area contributed by atoms with Crippen LogP contribution in [0.3, 0.4) is 0 Å². The minimum absolute atomic E-state index is 0.181. The van der Waals surface area contributed by atoms with Crippen LogP contribution in [-0.2, 0) is 0 Å². The van der Waals surface area contributed by atoms with E-state index >= 15 is 0 Å². The number of likely N-dealkylation sites (tertiary alicyclic amines) is 1. The van der Waals surface area contributed by atoms with E-state index in [1.54, 1.807) is 0 Å². The molecule has 1 fully saturated rings. The van der Waals surface area contributed by atoms with Gasteiger partial charge in [-0.05, 0) is 40.5 Å². The van der Waals surface area contributed by atoms with Crippen molar-refractivity contribution in [3.8, 4) is 0 Å². The second-order valence-electron chi connectivity index (χ2n) is 4.76. The molecule has 1 aliphatic heterocycles. The molecule has 1 aliphatic rings. The summed E-state index contributed by atoms with van der Waals surface area (Å²) in [6.45, 7) is 9.62. The van der Waals surface area contributed by atoms with Crippen LogP contribution in [0.4, 0.5) is 0 Å². The molecule has 1 saturated heterocycles. The second kappa shape index (κ2) is 4.17. The van der Waals surface area contributed by atoms with Crippen LogP contribution < -0.4 is 11.3 Å². The molecule has 0 aliphatic carbocycles. The fourth-order valence-corrected chi connectivity index (χ4v) is 1.93. The van der Waals surface area contributed by atoms with E-state index < -0.39 is 0 Å². The van der Waals surface area contributed by atoms with Gasteiger partial charge < -0.3 is 4.90 Å². The molecule has 1 heterocycles. The molecule has 0 radical (unpaired) electrons. The Hall–Kier alpha value is -0.770. The van der Waals surface area contributed by atoms with Crippen molar-refractivity contribution in [1.29, 1.82) is 0 Å². The van der Waals surface area contributed by atoms with Gasteiger partial charge in [0.2, 0.25) is 5.96 Å². The number of rotatable bonds is 1. The lowest BCUT2D eigenvalue weighted by Gasteiger charge is -2.34. The van der Waals surface area contributed by atoms with Crippen molar-refractivity contribution in [2.24, 2.45) is 10.8 Å². The molecule has 0 atom stereocenters. The molecule has 3 N–H and O–H groups in total. The zero-order valence-corrected chi connectivity index (χ0v) is 9.67. The molecule has 4 heteroatoms. The van der Waals surface area contributed by atoms with Crippen molar-refractivity contribution in [3.63, 3.8) is 0 Å². The van der Waals surface area contributed by atoms with Crippen molar-refractivity contribution < 1.29 is 0 Å². The third-order valence-corrected chi connectivity index (χ3v) is 2.67. The first-order valence-electron chi connectivity index (χ1n) is 5.29. The lowest BCUT2D eigenvalue weighted by molar-refractivity contribution is 0.272. The molecule has 82 valence electrons. The van der Waals surface area contributed by atoms with E-state index in [0.29, 0.717) is 0 Å². The zero-order valence-electron chi connectivity index (χ0n) is 9.67. The van der Waals surface area contributed by atoms with E-state index in [-0.39, 0.29) is 11.6 Å². The minimum atomic E-state index is 0.181. The van der Waals surface area contributed by atoms with Gasteiger partial charge in [-0.25, -0.2) is 10.8 Å². The number of hydrazine groups is 1. The summed E-state index contributed by atoms with van der Waals surface area (Å²) >= 11 is 0. The standard InChI is InChI=1S/C10H22N4/c1-8(2)12-9(13-11)14-7-5-6-10(14,3)4/h8H,5-7,11H2,1-4H3,(H,12,13). The Kier molecular flexibility index (Phi) is 3.37. The Labute approximate surface area is 86.5 Å². The van der Waals surface area contributed by atoms with Crippen LogP contribution in [0, 0.1) is 0 Å². The number of nitrogens with zero attached hydrogens (tertiary/aromatic N) is 2. The van der Waals surface area contributed by atoms with Crippen molar-refractivity contribution in [1.82, 2.24) is 10.3 Å². The highest BCUT2D eigenvalue weighted by atomic mass is 15.4. The van der Waals surface area contributed by atoms with Gasteiger partial charge in [0.05, 0.1) is 0 Å². The highest BCUT2D eigenvalue weighted by Crippen LogP contribution is 2.27. The fraction of sp³-hybridized carbons (Fsp3) is 0.900. The normalized spacial score (nSPS) is 21.9. The Morgan fingerprint density at radius 1 is 1.50 bits per heavy atom. The summed E-state index contributed by atoms with van der Waals surface area (Å²) in [4.78, 5) is 6.74. The monoisotopic (exact) mass is 198 g/mol. The Bertz CT molecular complexity index is 220. The van der Waals surface area contributed by atoms with Crippen molar-refractivity contribution in [2.45, 2.75) is 52.1 Å². The first kappa shape index (κ1) is 11.3. The molecule has 14 heavy (non-hydrogen) atoms. The number of guanidine groups is 1. The van der Waals surface area contributed by atoms with Crippen LogP contribution in [0.15, 0.2) is 4.99 Å². The van der Waals surface area contributed by atoms with E-state index in [2.05, 4.69) is 43.0 Å². The summed E-state index contributed by atoms with van der Waals surface area (Å²) in [7, 11) is 0. The largest absolute Gasteiger partial charge is 0.337 e. The molecule has 0 bridgehead atoms. The highest BCUT2D eigenvalue weighted by molar-refractivity contribution is 5.80. The van der Waals surface area contributed by atoms with E-state index in [4.69, 9.17) is 5.84 Å². The molecule has 0 amide bonds. The van der Waals surface area contributed by atoms with E-state index in [1.807, 2.05) is 0 Å². The fourth-order valence-electron chi connectivity index (χ4n) is 1.93. The van der Waals surface area contributed by atoms with Crippen LogP contribution in [0.1, 0.15) is 40.5 Å². The average molecular weight is 198 g/mol. The molecule has 4 nitrogen and oxygen atoms in total. The third kappa shape index (κ3) is 2.38. The van der Waals surface area contributed by atoms with Gasteiger partial charge in [-0.3, -0.25) is 5.43 Å². The quantitative estimate of drug-likeness (QED) is 0.287. The molecule has 0 unspecified atom stereocenters. The summed E-state index contributed by atoms with van der Waals surface area (Å²) in [5.41, 5.74) is 2.89. The summed E-state index contributed by atoms with van der Waals surface area (Å²) in [6.07, 6.45) is 2.41. The molecule has 0 saturated carbocycles. The summed E-state index contributed by atoms with van der Waals surface area (Å²) in [5, 5.41) is 0. The van der Waals surface area contributed by atoms with E-state index in [1.165, 1.54) is 12.8 Å². The second-order valence-corrected chi connectivity index (χ2v) is 4.76. The third-order valence-electron chi connectivity index (χ3n) is 2.67. The average Bonchev–Trinajstić information content (AvgIpc) is 2.41. The van der Waals surface area contributed by atoms with Crippen molar-refractivity contribution in [2.75, 3.05) is 6.54 Å². The first-order chi connectivity index (χ1) is 6.47. The summed E-state index contributed by atoms with van der Waals surface area (Å²) < 4.78 is 0. The number of hydrogen-bond acceptors (Lipinski definition) is 2. The zero-order chi connectivity index (χ0) is 10.8. The number of aliphatic imine (C=N–C) groups is 1. The highest BCUT2D eigenvalue weighted by Gasteiger charge is 2.33. The van der Waals surface area contributed by atoms with Crippen LogP contribution in [0.2, 0.25) is 0 Å². The molecule has 0 aromatic carbocycles. The first-order valence-corrected chi connectivity index (χ1v) is 5.29. The Morgan fingerprint density at radius 2 is 2.14 bits per heavy atom. The van der Waals surface area contributed by atoms with Gasteiger partial charge in [0, 0.05) is 18.1 Å². The van der Waals surface area contributed by atoms with E-state index in [0.717, 1.165) is 12.5 Å². The van der Waals surface area contributed by atoms with Gasteiger partial charge in [0.1, 0.15) is 0 Å². The predicted molar refractivity (Wildman–Crippen MR) is 59.9 cm³/mol. The molecule has 0 spiro atoms. The summed E-state index contributed by atoms with van der Waals surface area (Å²) in [5.74, 6) is 6.32.